The zero-order valence-electron chi connectivity index (χ0n) is 16.6. The molecule has 7 heteroatoms. The SMILES string of the molecule is COc1ccc(-c2nc(Cc3ccccc3)c(OC(=O)Oc3ccc(F)cc3)o2)cc1. The summed E-state index contributed by atoms with van der Waals surface area (Å²) in [4.78, 5) is 16.8. The number of aromatic nitrogens is 1. The van der Waals surface area contributed by atoms with Gasteiger partial charge in [0.05, 0.1) is 7.11 Å². The molecule has 0 spiro atoms. The maximum absolute atomic E-state index is 13.0. The fourth-order valence-corrected chi connectivity index (χ4v) is 2.87. The summed E-state index contributed by atoms with van der Waals surface area (Å²) < 4.78 is 34.3. The highest BCUT2D eigenvalue weighted by molar-refractivity contribution is 5.67. The van der Waals surface area contributed by atoms with Gasteiger partial charge >= 0.3 is 12.1 Å². The van der Waals surface area contributed by atoms with Gasteiger partial charge in [-0.3, -0.25) is 0 Å². The number of benzene rings is 3. The lowest BCUT2D eigenvalue weighted by molar-refractivity contribution is 0.140. The number of hydrogen-bond donors (Lipinski definition) is 0. The minimum Gasteiger partial charge on any atom is -0.497 e. The summed E-state index contributed by atoms with van der Waals surface area (Å²) in [5.74, 6) is 0.621. The van der Waals surface area contributed by atoms with E-state index in [2.05, 4.69) is 4.98 Å². The number of halogens is 1. The van der Waals surface area contributed by atoms with Gasteiger partial charge in [-0.15, -0.1) is 0 Å². The minimum absolute atomic E-state index is 0.0678. The van der Waals surface area contributed by atoms with Crippen molar-refractivity contribution in [3.05, 3.63) is 95.9 Å². The molecule has 0 aliphatic heterocycles. The van der Waals surface area contributed by atoms with Gasteiger partial charge in [0, 0.05) is 12.0 Å². The van der Waals surface area contributed by atoms with Gasteiger partial charge in [0.25, 0.3) is 0 Å². The lowest BCUT2D eigenvalue weighted by atomic mass is 10.1. The third-order valence-electron chi connectivity index (χ3n) is 4.40. The van der Waals surface area contributed by atoms with E-state index in [0.29, 0.717) is 23.4 Å². The Bertz CT molecular complexity index is 1160. The van der Waals surface area contributed by atoms with E-state index in [0.717, 1.165) is 5.56 Å². The number of nitrogens with zero attached hydrogens (tertiary/aromatic N) is 1. The average molecular weight is 419 g/mol. The maximum Gasteiger partial charge on any atom is 0.521 e. The van der Waals surface area contributed by atoms with E-state index in [-0.39, 0.29) is 17.6 Å². The van der Waals surface area contributed by atoms with Crippen molar-refractivity contribution >= 4 is 6.16 Å². The lowest BCUT2D eigenvalue weighted by Crippen LogP contribution is -2.14. The molecule has 156 valence electrons. The Labute approximate surface area is 177 Å². The second kappa shape index (κ2) is 9.13. The summed E-state index contributed by atoms with van der Waals surface area (Å²) >= 11 is 0. The molecule has 4 aromatic rings. The first kappa shape index (κ1) is 20.2. The first-order valence-corrected chi connectivity index (χ1v) is 9.44. The summed E-state index contributed by atoms with van der Waals surface area (Å²) in [6, 6.07) is 21.7. The molecule has 0 bridgehead atoms. The van der Waals surface area contributed by atoms with Crippen LogP contribution < -0.4 is 14.2 Å². The second-order valence-corrected chi connectivity index (χ2v) is 6.55. The normalized spacial score (nSPS) is 10.5. The number of ether oxygens (including phenoxy) is 3. The minimum atomic E-state index is -1.02. The van der Waals surface area contributed by atoms with Gasteiger partial charge in [-0.25, -0.2) is 14.2 Å². The lowest BCUT2D eigenvalue weighted by Gasteiger charge is -2.04. The molecular weight excluding hydrogens is 401 g/mol. The van der Waals surface area contributed by atoms with E-state index < -0.39 is 12.0 Å². The van der Waals surface area contributed by atoms with Crippen molar-refractivity contribution in [3.63, 3.8) is 0 Å². The Kier molecular flexibility index (Phi) is 5.93. The van der Waals surface area contributed by atoms with Crippen LogP contribution in [0.1, 0.15) is 11.3 Å². The molecule has 31 heavy (non-hydrogen) atoms. The van der Waals surface area contributed by atoms with Crippen molar-refractivity contribution in [1.29, 1.82) is 0 Å². The van der Waals surface area contributed by atoms with Crippen LogP contribution in [0.4, 0.5) is 9.18 Å². The van der Waals surface area contributed by atoms with Crippen LogP contribution in [0.25, 0.3) is 11.5 Å². The van der Waals surface area contributed by atoms with E-state index in [9.17, 15) is 9.18 Å². The van der Waals surface area contributed by atoms with Gasteiger partial charge in [-0.2, -0.15) is 0 Å². The first-order chi connectivity index (χ1) is 15.1. The molecule has 0 saturated carbocycles. The Morgan fingerprint density at radius 3 is 2.26 bits per heavy atom. The van der Waals surface area contributed by atoms with Crippen molar-refractivity contribution in [3.8, 4) is 28.9 Å². The predicted molar refractivity (Wildman–Crippen MR) is 111 cm³/mol. The van der Waals surface area contributed by atoms with E-state index in [1.807, 2.05) is 30.3 Å². The van der Waals surface area contributed by atoms with Crippen LogP contribution in [0.2, 0.25) is 0 Å². The Hall–Kier alpha value is -4.13. The zero-order valence-corrected chi connectivity index (χ0v) is 16.6. The second-order valence-electron chi connectivity index (χ2n) is 6.55. The fourth-order valence-electron chi connectivity index (χ4n) is 2.87. The number of rotatable bonds is 6. The number of carbonyl (C=O) groups is 1. The van der Waals surface area contributed by atoms with E-state index in [4.69, 9.17) is 18.6 Å². The van der Waals surface area contributed by atoms with Crippen molar-refractivity contribution in [2.24, 2.45) is 0 Å². The Morgan fingerprint density at radius 1 is 0.903 bits per heavy atom. The number of hydrogen-bond acceptors (Lipinski definition) is 6. The van der Waals surface area contributed by atoms with Gasteiger partial charge in [-0.1, -0.05) is 30.3 Å². The standard InChI is InChI=1S/C24H18FNO5/c1-28-19-11-7-17(8-12-19)22-26-21(15-16-5-3-2-4-6-16)23(30-22)31-24(27)29-20-13-9-18(25)10-14-20/h2-14H,15H2,1H3. The van der Waals surface area contributed by atoms with Gasteiger partial charge in [0.1, 0.15) is 23.0 Å². The molecule has 0 atom stereocenters. The molecular formula is C24H18FNO5. The molecule has 1 heterocycles. The predicted octanol–water partition coefficient (Wildman–Crippen LogP) is 5.66. The third kappa shape index (κ3) is 5.08. The molecule has 6 nitrogen and oxygen atoms in total. The first-order valence-electron chi connectivity index (χ1n) is 9.44. The van der Waals surface area contributed by atoms with Crippen LogP contribution in [0.15, 0.2) is 83.3 Å². The van der Waals surface area contributed by atoms with Gasteiger partial charge in [0.2, 0.25) is 5.89 Å². The van der Waals surface area contributed by atoms with Crippen LogP contribution >= 0.6 is 0 Å². The highest BCUT2D eigenvalue weighted by Crippen LogP contribution is 2.30. The van der Waals surface area contributed by atoms with Crippen LogP contribution in [-0.2, 0) is 6.42 Å². The average Bonchev–Trinajstić information content (AvgIpc) is 3.18. The van der Waals surface area contributed by atoms with Crippen molar-refractivity contribution < 1.29 is 27.8 Å². The third-order valence-corrected chi connectivity index (χ3v) is 4.40. The number of methoxy groups -OCH3 is 1. The maximum atomic E-state index is 13.0. The van der Waals surface area contributed by atoms with E-state index >= 15 is 0 Å². The summed E-state index contributed by atoms with van der Waals surface area (Å²) in [7, 11) is 1.58. The highest BCUT2D eigenvalue weighted by atomic mass is 19.1. The zero-order chi connectivity index (χ0) is 21.6. The molecule has 0 N–H and O–H groups in total. The van der Waals surface area contributed by atoms with Crippen molar-refractivity contribution in [2.75, 3.05) is 7.11 Å². The molecule has 0 aliphatic carbocycles. The van der Waals surface area contributed by atoms with Crippen LogP contribution in [0, 0.1) is 5.82 Å². The Balaban J connectivity index is 1.59. The largest absolute Gasteiger partial charge is 0.521 e. The van der Waals surface area contributed by atoms with Crippen molar-refractivity contribution in [2.45, 2.75) is 6.42 Å². The van der Waals surface area contributed by atoms with Crippen LogP contribution in [0.5, 0.6) is 17.4 Å². The molecule has 0 fully saturated rings. The number of oxazole rings is 1. The summed E-state index contributed by atoms with van der Waals surface area (Å²) in [5, 5.41) is 0. The highest BCUT2D eigenvalue weighted by Gasteiger charge is 2.21. The van der Waals surface area contributed by atoms with Crippen LogP contribution in [0.3, 0.4) is 0 Å². The topological polar surface area (TPSA) is 70.8 Å². The molecule has 0 unspecified atom stereocenters. The van der Waals surface area contributed by atoms with Gasteiger partial charge in [0.15, 0.2) is 0 Å². The van der Waals surface area contributed by atoms with Crippen LogP contribution in [-0.4, -0.2) is 18.2 Å². The fraction of sp³-hybridized carbons (Fsp3) is 0.0833. The van der Waals surface area contributed by atoms with E-state index in [1.54, 1.807) is 31.4 Å². The molecule has 4 rings (SSSR count). The number of carbonyl (C=O) groups excluding carboxylic acids is 1. The van der Waals surface area contributed by atoms with Crippen molar-refractivity contribution in [1.82, 2.24) is 4.98 Å². The van der Waals surface area contributed by atoms with E-state index in [1.165, 1.54) is 24.3 Å². The summed E-state index contributed by atoms with van der Waals surface area (Å²) in [6.45, 7) is 0. The molecule has 0 amide bonds. The molecule has 1 aromatic heterocycles. The molecule has 0 aliphatic rings. The monoisotopic (exact) mass is 419 g/mol. The van der Waals surface area contributed by atoms with Gasteiger partial charge in [-0.05, 0) is 54.1 Å². The molecule has 0 radical (unpaired) electrons. The molecule has 3 aromatic carbocycles. The quantitative estimate of drug-likeness (QED) is 0.297. The smallest absolute Gasteiger partial charge is 0.497 e. The Morgan fingerprint density at radius 2 is 1.58 bits per heavy atom. The van der Waals surface area contributed by atoms with Gasteiger partial charge < -0.3 is 18.6 Å². The molecule has 0 saturated heterocycles. The summed E-state index contributed by atoms with van der Waals surface area (Å²) in [6.07, 6.45) is -0.627. The summed E-state index contributed by atoms with van der Waals surface area (Å²) in [5.41, 5.74) is 2.10.